The smallest absolute Gasteiger partial charge is 0.222 e. The average Bonchev–Trinajstić information content (AvgIpc) is 2.52. The van der Waals surface area contributed by atoms with E-state index in [1.807, 2.05) is 23.1 Å². The Kier molecular flexibility index (Phi) is 6.74. The summed E-state index contributed by atoms with van der Waals surface area (Å²) in [4.78, 5) is 14.0. The van der Waals surface area contributed by atoms with Gasteiger partial charge in [0.15, 0.2) is 0 Å². The molecule has 0 radical (unpaired) electrons. The zero-order chi connectivity index (χ0) is 14.9. The minimum Gasteiger partial charge on any atom is -0.381 e. The summed E-state index contributed by atoms with van der Waals surface area (Å²) in [6.07, 6.45) is 4.71. The van der Waals surface area contributed by atoms with Gasteiger partial charge in [-0.15, -0.1) is 0 Å². The molecule has 3 nitrogen and oxygen atoms in total. The van der Waals surface area contributed by atoms with Crippen molar-refractivity contribution in [2.24, 2.45) is 5.92 Å². The van der Waals surface area contributed by atoms with Crippen molar-refractivity contribution >= 4 is 5.91 Å². The van der Waals surface area contributed by atoms with E-state index < -0.39 is 0 Å². The normalized spacial score (nSPS) is 16.1. The molecule has 1 amide bonds. The fourth-order valence-electron chi connectivity index (χ4n) is 2.68. The summed E-state index contributed by atoms with van der Waals surface area (Å²) in [6.45, 7) is 5.56. The van der Waals surface area contributed by atoms with Crippen LogP contribution >= 0.6 is 0 Å². The predicted octanol–water partition coefficient (Wildman–Crippen LogP) is 3.28. The second kappa shape index (κ2) is 8.83. The molecule has 1 fully saturated rings. The Morgan fingerprint density at radius 3 is 2.62 bits per heavy atom. The summed E-state index contributed by atoms with van der Waals surface area (Å²) in [5, 5.41) is 0. The third-order valence-electron chi connectivity index (χ3n) is 4.19. The number of hydrogen-bond donors (Lipinski definition) is 0. The van der Waals surface area contributed by atoms with Crippen molar-refractivity contribution in [2.75, 3.05) is 26.3 Å². The number of hydrogen-bond acceptors (Lipinski definition) is 2. The van der Waals surface area contributed by atoms with Gasteiger partial charge in [-0.2, -0.15) is 0 Å². The maximum Gasteiger partial charge on any atom is 0.222 e. The molecule has 1 saturated heterocycles. The second-order valence-corrected chi connectivity index (χ2v) is 6.01. The molecular weight excluding hydrogens is 262 g/mol. The number of rotatable bonds is 7. The largest absolute Gasteiger partial charge is 0.381 e. The van der Waals surface area contributed by atoms with E-state index in [0.717, 1.165) is 51.3 Å². The molecule has 0 spiro atoms. The van der Waals surface area contributed by atoms with Gasteiger partial charge in [-0.3, -0.25) is 4.79 Å². The highest BCUT2D eigenvalue weighted by molar-refractivity contribution is 5.76. The summed E-state index contributed by atoms with van der Waals surface area (Å²) in [5.74, 6) is 1.07. The Morgan fingerprint density at radius 2 is 1.90 bits per heavy atom. The van der Waals surface area contributed by atoms with E-state index in [4.69, 9.17) is 4.74 Å². The molecule has 0 saturated carbocycles. The van der Waals surface area contributed by atoms with Crippen LogP contribution in [0.25, 0.3) is 0 Å². The number of ether oxygens (including phenoxy) is 1. The van der Waals surface area contributed by atoms with Crippen LogP contribution < -0.4 is 0 Å². The van der Waals surface area contributed by atoms with Gasteiger partial charge in [0, 0.05) is 26.1 Å². The topological polar surface area (TPSA) is 29.5 Å². The number of piperidine rings is 1. The van der Waals surface area contributed by atoms with Gasteiger partial charge >= 0.3 is 0 Å². The summed E-state index contributed by atoms with van der Waals surface area (Å²) in [7, 11) is 0. The summed E-state index contributed by atoms with van der Waals surface area (Å²) >= 11 is 0. The lowest BCUT2D eigenvalue weighted by Crippen LogP contribution is -2.37. The van der Waals surface area contributed by atoms with Crippen LogP contribution in [0.3, 0.4) is 0 Å². The lowest BCUT2D eigenvalue weighted by atomic mass is 9.99. The van der Waals surface area contributed by atoms with E-state index in [1.54, 1.807) is 0 Å². The number of benzene rings is 1. The van der Waals surface area contributed by atoms with E-state index in [-0.39, 0.29) is 0 Å². The molecular formula is C18H27NO2. The second-order valence-electron chi connectivity index (χ2n) is 6.01. The molecule has 1 aromatic rings. The van der Waals surface area contributed by atoms with Crippen molar-refractivity contribution in [3.05, 3.63) is 35.9 Å². The molecule has 0 aliphatic carbocycles. The van der Waals surface area contributed by atoms with E-state index >= 15 is 0 Å². The van der Waals surface area contributed by atoms with Crippen molar-refractivity contribution in [3.8, 4) is 0 Å². The fraction of sp³-hybridized carbons (Fsp3) is 0.611. The van der Waals surface area contributed by atoms with Crippen LogP contribution in [0.5, 0.6) is 0 Å². The van der Waals surface area contributed by atoms with Crippen LogP contribution in [-0.2, 0) is 16.0 Å². The van der Waals surface area contributed by atoms with E-state index in [1.165, 1.54) is 5.56 Å². The minimum absolute atomic E-state index is 0.300. The molecule has 1 aliphatic rings. The SMILES string of the molecule is CC1CCN(C(=O)CCCOCCc2ccccc2)CC1. The van der Waals surface area contributed by atoms with Gasteiger partial charge in [-0.1, -0.05) is 37.3 Å². The zero-order valence-electron chi connectivity index (χ0n) is 13.1. The first-order valence-corrected chi connectivity index (χ1v) is 8.15. The third kappa shape index (κ3) is 5.88. The minimum atomic E-state index is 0.300. The molecule has 0 bridgehead atoms. The highest BCUT2D eigenvalue weighted by Gasteiger charge is 2.19. The zero-order valence-corrected chi connectivity index (χ0v) is 13.1. The van der Waals surface area contributed by atoms with Gasteiger partial charge in [0.1, 0.15) is 0 Å². The van der Waals surface area contributed by atoms with Crippen molar-refractivity contribution in [1.82, 2.24) is 4.90 Å². The first-order valence-electron chi connectivity index (χ1n) is 8.15. The Morgan fingerprint density at radius 1 is 1.19 bits per heavy atom. The monoisotopic (exact) mass is 289 g/mol. The molecule has 0 unspecified atom stereocenters. The Balaban J connectivity index is 1.50. The quantitative estimate of drug-likeness (QED) is 0.721. The molecule has 3 heteroatoms. The highest BCUT2D eigenvalue weighted by Crippen LogP contribution is 2.16. The standard InChI is InChI=1S/C18H27NO2/c1-16-9-12-19(13-10-16)18(20)8-5-14-21-15-11-17-6-3-2-4-7-17/h2-4,6-7,16H,5,8-15H2,1H3. The van der Waals surface area contributed by atoms with Crippen LogP contribution in [0, 0.1) is 5.92 Å². The van der Waals surface area contributed by atoms with Crippen molar-refractivity contribution in [2.45, 2.75) is 39.0 Å². The lowest BCUT2D eigenvalue weighted by molar-refractivity contribution is -0.132. The first kappa shape index (κ1) is 16.0. The first-order chi connectivity index (χ1) is 10.3. The van der Waals surface area contributed by atoms with Crippen LogP contribution in [0.2, 0.25) is 0 Å². The molecule has 0 atom stereocenters. The van der Waals surface area contributed by atoms with Crippen LogP contribution in [-0.4, -0.2) is 37.1 Å². The van der Waals surface area contributed by atoms with E-state index in [9.17, 15) is 4.79 Å². The maximum atomic E-state index is 12.0. The van der Waals surface area contributed by atoms with E-state index in [0.29, 0.717) is 18.9 Å². The number of amides is 1. The van der Waals surface area contributed by atoms with Crippen LogP contribution in [0.15, 0.2) is 30.3 Å². The lowest BCUT2D eigenvalue weighted by Gasteiger charge is -2.30. The number of carbonyl (C=O) groups excluding carboxylic acids is 1. The van der Waals surface area contributed by atoms with Crippen molar-refractivity contribution in [3.63, 3.8) is 0 Å². The Bertz CT molecular complexity index is 410. The van der Waals surface area contributed by atoms with E-state index in [2.05, 4.69) is 19.1 Å². The highest BCUT2D eigenvalue weighted by atomic mass is 16.5. The van der Waals surface area contributed by atoms with Gasteiger partial charge in [0.05, 0.1) is 6.61 Å². The van der Waals surface area contributed by atoms with Gasteiger partial charge in [-0.25, -0.2) is 0 Å². The molecule has 1 aromatic carbocycles. The molecule has 1 aliphatic heterocycles. The number of likely N-dealkylation sites (tertiary alicyclic amines) is 1. The van der Waals surface area contributed by atoms with Gasteiger partial charge in [-0.05, 0) is 37.2 Å². The Hall–Kier alpha value is -1.35. The molecule has 2 rings (SSSR count). The number of nitrogens with zero attached hydrogens (tertiary/aromatic N) is 1. The summed E-state index contributed by atoms with van der Waals surface area (Å²) in [5.41, 5.74) is 1.30. The Labute approximate surface area is 128 Å². The maximum absolute atomic E-state index is 12.0. The van der Waals surface area contributed by atoms with Gasteiger partial charge < -0.3 is 9.64 Å². The summed E-state index contributed by atoms with van der Waals surface area (Å²) < 4.78 is 5.62. The molecule has 0 N–H and O–H groups in total. The summed E-state index contributed by atoms with van der Waals surface area (Å²) in [6, 6.07) is 10.4. The number of carbonyl (C=O) groups is 1. The van der Waals surface area contributed by atoms with Crippen molar-refractivity contribution < 1.29 is 9.53 Å². The van der Waals surface area contributed by atoms with Crippen LogP contribution in [0.1, 0.15) is 38.2 Å². The predicted molar refractivity (Wildman–Crippen MR) is 85.2 cm³/mol. The van der Waals surface area contributed by atoms with Crippen LogP contribution in [0.4, 0.5) is 0 Å². The molecule has 116 valence electrons. The van der Waals surface area contributed by atoms with Gasteiger partial charge in [0.25, 0.3) is 0 Å². The molecule has 0 aromatic heterocycles. The average molecular weight is 289 g/mol. The van der Waals surface area contributed by atoms with Crippen molar-refractivity contribution in [1.29, 1.82) is 0 Å². The fourth-order valence-corrected chi connectivity index (χ4v) is 2.68. The van der Waals surface area contributed by atoms with Gasteiger partial charge in [0.2, 0.25) is 5.91 Å². The molecule has 1 heterocycles. The molecule has 21 heavy (non-hydrogen) atoms. The third-order valence-corrected chi connectivity index (χ3v) is 4.19.